The van der Waals surface area contributed by atoms with E-state index in [0.717, 1.165) is 22.2 Å². The maximum Gasteiger partial charge on any atom is 0.113 e. The highest BCUT2D eigenvalue weighted by Crippen LogP contribution is 2.14. The first kappa shape index (κ1) is 10.5. The van der Waals surface area contributed by atoms with E-state index >= 15 is 0 Å². The van der Waals surface area contributed by atoms with Crippen molar-refractivity contribution < 1.29 is 0 Å². The zero-order chi connectivity index (χ0) is 12.2. The van der Waals surface area contributed by atoms with Crippen LogP contribution >= 0.6 is 0 Å². The van der Waals surface area contributed by atoms with E-state index in [4.69, 9.17) is 0 Å². The van der Waals surface area contributed by atoms with Gasteiger partial charge in [0, 0.05) is 23.3 Å². The zero-order valence-electron chi connectivity index (χ0n) is 9.67. The lowest BCUT2D eigenvalue weighted by Crippen LogP contribution is -1.84. The summed E-state index contributed by atoms with van der Waals surface area (Å²) in [6.07, 6.45) is 3.53. The average Bonchev–Trinajstić information content (AvgIpc) is 2.46. The number of pyridine rings is 2. The van der Waals surface area contributed by atoms with Gasteiger partial charge < -0.3 is 0 Å². The topological polar surface area (TPSA) is 25.8 Å². The van der Waals surface area contributed by atoms with Crippen molar-refractivity contribution in [3.8, 4) is 11.8 Å². The summed E-state index contributed by atoms with van der Waals surface area (Å²) in [6.45, 7) is 0. The number of aromatic nitrogens is 2. The number of fused-ring (bicyclic) bond motifs is 1. The Morgan fingerprint density at radius 3 is 2.50 bits per heavy atom. The molecule has 0 unspecified atom stereocenters. The molecule has 0 aliphatic rings. The minimum atomic E-state index is 0.776. The average molecular weight is 230 g/mol. The summed E-state index contributed by atoms with van der Waals surface area (Å²) in [6, 6.07) is 15.6. The quantitative estimate of drug-likeness (QED) is 0.555. The summed E-state index contributed by atoms with van der Waals surface area (Å²) in [5.41, 5.74) is 2.72. The first-order valence-corrected chi connectivity index (χ1v) is 5.70. The van der Waals surface area contributed by atoms with E-state index in [0.29, 0.717) is 0 Å². The molecule has 0 aliphatic carbocycles. The molecule has 3 rings (SSSR count). The van der Waals surface area contributed by atoms with Gasteiger partial charge in [0.25, 0.3) is 0 Å². The van der Waals surface area contributed by atoms with Gasteiger partial charge in [-0.25, -0.2) is 4.98 Å². The Morgan fingerprint density at radius 2 is 1.61 bits per heavy atom. The van der Waals surface area contributed by atoms with Crippen LogP contribution in [0.15, 0.2) is 60.9 Å². The van der Waals surface area contributed by atoms with Crippen LogP contribution in [0.5, 0.6) is 0 Å². The molecular weight excluding hydrogens is 220 g/mol. The van der Waals surface area contributed by atoms with Crippen molar-refractivity contribution >= 4 is 10.9 Å². The predicted octanol–water partition coefficient (Wildman–Crippen LogP) is 3.03. The van der Waals surface area contributed by atoms with E-state index in [9.17, 15) is 0 Å². The van der Waals surface area contributed by atoms with Gasteiger partial charge in [0.05, 0.1) is 5.52 Å². The molecule has 2 aromatic heterocycles. The summed E-state index contributed by atoms with van der Waals surface area (Å²) in [7, 11) is 0. The van der Waals surface area contributed by atoms with Crippen molar-refractivity contribution in [3.63, 3.8) is 0 Å². The van der Waals surface area contributed by atoms with Gasteiger partial charge in [-0.15, -0.1) is 0 Å². The third kappa shape index (κ3) is 2.07. The van der Waals surface area contributed by atoms with Gasteiger partial charge in [-0.3, -0.25) is 4.98 Å². The van der Waals surface area contributed by atoms with E-state index in [-0.39, 0.29) is 0 Å². The van der Waals surface area contributed by atoms with Gasteiger partial charge in [-0.2, -0.15) is 0 Å². The highest BCUT2D eigenvalue weighted by molar-refractivity contribution is 5.84. The predicted molar refractivity (Wildman–Crippen MR) is 72.0 cm³/mol. The van der Waals surface area contributed by atoms with Crippen LogP contribution < -0.4 is 0 Å². The second kappa shape index (κ2) is 4.68. The fourth-order valence-electron chi connectivity index (χ4n) is 1.77. The largest absolute Gasteiger partial charge is 0.256 e. The highest BCUT2D eigenvalue weighted by atomic mass is 14.7. The monoisotopic (exact) mass is 230 g/mol. The van der Waals surface area contributed by atoms with Crippen molar-refractivity contribution in [2.24, 2.45) is 0 Å². The van der Waals surface area contributed by atoms with Crippen LogP contribution in [0.2, 0.25) is 0 Å². The number of rotatable bonds is 0. The van der Waals surface area contributed by atoms with Crippen LogP contribution in [0.4, 0.5) is 0 Å². The molecule has 3 aromatic rings. The van der Waals surface area contributed by atoms with Crippen LogP contribution in [-0.4, -0.2) is 9.97 Å². The van der Waals surface area contributed by atoms with Crippen molar-refractivity contribution in [3.05, 3.63) is 72.2 Å². The summed E-state index contributed by atoms with van der Waals surface area (Å²) >= 11 is 0. The number of para-hydroxylation sites is 1. The maximum atomic E-state index is 4.31. The smallest absolute Gasteiger partial charge is 0.113 e. The molecule has 18 heavy (non-hydrogen) atoms. The van der Waals surface area contributed by atoms with Crippen LogP contribution in [-0.2, 0) is 0 Å². The molecule has 0 saturated heterocycles. The molecule has 2 heterocycles. The molecule has 0 radical (unpaired) electrons. The van der Waals surface area contributed by atoms with E-state index in [2.05, 4.69) is 21.8 Å². The molecule has 0 spiro atoms. The molecule has 0 bridgehead atoms. The second-order valence-electron chi connectivity index (χ2n) is 3.84. The van der Waals surface area contributed by atoms with Crippen LogP contribution in [0.25, 0.3) is 10.9 Å². The molecule has 84 valence electrons. The van der Waals surface area contributed by atoms with E-state index in [1.54, 1.807) is 12.4 Å². The Balaban J connectivity index is 2.09. The lowest BCUT2D eigenvalue weighted by molar-refractivity contribution is 1.29. The number of benzene rings is 1. The van der Waals surface area contributed by atoms with Gasteiger partial charge in [0.15, 0.2) is 0 Å². The Bertz CT molecular complexity index is 732. The lowest BCUT2D eigenvalue weighted by Gasteiger charge is -1.98. The number of nitrogens with zero attached hydrogens (tertiary/aromatic N) is 2. The second-order valence-corrected chi connectivity index (χ2v) is 3.84. The summed E-state index contributed by atoms with van der Waals surface area (Å²) in [4.78, 5) is 8.50. The molecule has 0 saturated carbocycles. The molecule has 0 N–H and O–H groups in total. The molecule has 0 amide bonds. The van der Waals surface area contributed by atoms with E-state index < -0.39 is 0 Å². The summed E-state index contributed by atoms with van der Waals surface area (Å²) in [5.74, 6) is 6.22. The van der Waals surface area contributed by atoms with Crippen molar-refractivity contribution in [2.75, 3.05) is 0 Å². The molecule has 1 aromatic carbocycles. The standard InChI is InChI=1S/C16H10N2/c1-2-7-16-15(6-1)13(10-12-18-16)8-9-14-5-3-4-11-17-14/h1-7,10-12H. The Hall–Kier alpha value is -2.66. The van der Waals surface area contributed by atoms with Gasteiger partial charge in [0.2, 0.25) is 0 Å². The van der Waals surface area contributed by atoms with E-state index in [1.807, 2.05) is 48.5 Å². The highest BCUT2D eigenvalue weighted by Gasteiger charge is 1.97. The third-order valence-electron chi connectivity index (χ3n) is 2.64. The fourth-order valence-corrected chi connectivity index (χ4v) is 1.77. The maximum absolute atomic E-state index is 4.31. The normalized spacial score (nSPS) is 9.78. The van der Waals surface area contributed by atoms with Crippen molar-refractivity contribution in [1.29, 1.82) is 0 Å². The van der Waals surface area contributed by atoms with Crippen molar-refractivity contribution in [2.45, 2.75) is 0 Å². The molecule has 0 atom stereocenters. The zero-order valence-corrected chi connectivity index (χ0v) is 9.67. The Kier molecular flexibility index (Phi) is 2.73. The summed E-state index contributed by atoms with van der Waals surface area (Å²) in [5, 5.41) is 1.07. The van der Waals surface area contributed by atoms with Gasteiger partial charge in [-0.1, -0.05) is 30.2 Å². The molecular formula is C16H10N2. The molecule has 2 nitrogen and oxygen atoms in total. The van der Waals surface area contributed by atoms with Crippen LogP contribution in [0.1, 0.15) is 11.3 Å². The number of hydrogen-bond donors (Lipinski definition) is 0. The Labute approximate surface area is 105 Å². The van der Waals surface area contributed by atoms with Gasteiger partial charge in [-0.05, 0) is 30.2 Å². The summed E-state index contributed by atoms with van der Waals surface area (Å²) < 4.78 is 0. The first-order chi connectivity index (χ1) is 8.93. The Morgan fingerprint density at radius 1 is 0.722 bits per heavy atom. The molecule has 0 fully saturated rings. The first-order valence-electron chi connectivity index (χ1n) is 5.70. The minimum Gasteiger partial charge on any atom is -0.256 e. The van der Waals surface area contributed by atoms with Crippen LogP contribution in [0.3, 0.4) is 0 Å². The molecule has 2 heteroatoms. The minimum absolute atomic E-state index is 0.776. The van der Waals surface area contributed by atoms with Gasteiger partial charge in [0.1, 0.15) is 5.69 Å². The lowest BCUT2D eigenvalue weighted by atomic mass is 10.1. The SMILES string of the molecule is C(#Cc1ccnc2ccccc12)c1ccccn1. The third-order valence-corrected chi connectivity index (χ3v) is 2.64. The molecule has 0 aliphatic heterocycles. The fraction of sp³-hybridized carbons (Fsp3) is 0. The number of hydrogen-bond acceptors (Lipinski definition) is 2. The van der Waals surface area contributed by atoms with Gasteiger partial charge >= 0.3 is 0 Å². The van der Waals surface area contributed by atoms with Crippen molar-refractivity contribution in [1.82, 2.24) is 9.97 Å². The van der Waals surface area contributed by atoms with Crippen LogP contribution in [0, 0.1) is 11.8 Å². The van der Waals surface area contributed by atoms with E-state index in [1.165, 1.54) is 0 Å².